The lowest BCUT2D eigenvalue weighted by Gasteiger charge is -2.23. The summed E-state index contributed by atoms with van der Waals surface area (Å²) in [6.45, 7) is 4.56. The molecule has 1 saturated carbocycles. The quantitative estimate of drug-likeness (QED) is 0.765. The van der Waals surface area contributed by atoms with Crippen molar-refractivity contribution in [3.05, 3.63) is 16.3 Å². The van der Waals surface area contributed by atoms with Crippen LogP contribution in [0.1, 0.15) is 31.6 Å². The van der Waals surface area contributed by atoms with E-state index in [4.69, 9.17) is 4.74 Å². The first-order valence-electron chi connectivity index (χ1n) is 6.69. The molecule has 1 aliphatic carbocycles. The van der Waals surface area contributed by atoms with Crippen molar-refractivity contribution in [3.63, 3.8) is 0 Å². The predicted molar refractivity (Wildman–Crippen MR) is 80.5 cm³/mol. The number of thiophene rings is 1. The summed E-state index contributed by atoms with van der Waals surface area (Å²) in [4.78, 5) is 1.24. The van der Waals surface area contributed by atoms with Crippen molar-refractivity contribution in [2.24, 2.45) is 0 Å². The Balaban J connectivity index is 2.02. The average Bonchev–Trinajstić information content (AvgIpc) is 3.10. The molecule has 5 nitrogen and oxygen atoms in total. The van der Waals surface area contributed by atoms with Gasteiger partial charge in [0, 0.05) is 31.1 Å². The van der Waals surface area contributed by atoms with Crippen molar-refractivity contribution in [2.45, 2.75) is 49.8 Å². The second-order valence-electron chi connectivity index (χ2n) is 5.65. The number of ether oxygens (including phenoxy) is 1. The minimum absolute atomic E-state index is 0.247. The van der Waals surface area contributed by atoms with Crippen LogP contribution in [-0.4, -0.2) is 33.7 Å². The van der Waals surface area contributed by atoms with Gasteiger partial charge in [0.25, 0.3) is 0 Å². The molecule has 0 amide bonds. The van der Waals surface area contributed by atoms with E-state index < -0.39 is 15.6 Å². The Morgan fingerprint density at radius 3 is 2.75 bits per heavy atom. The highest BCUT2D eigenvalue weighted by Gasteiger charge is 2.26. The SMILES string of the molecule is COC(C)(C)CNS(=O)(=O)c1ccsc1CNC1CC1. The Morgan fingerprint density at radius 1 is 1.45 bits per heavy atom. The summed E-state index contributed by atoms with van der Waals surface area (Å²) in [5, 5.41) is 5.17. The Hall–Kier alpha value is -0.470. The van der Waals surface area contributed by atoms with Crippen molar-refractivity contribution >= 4 is 21.4 Å². The van der Waals surface area contributed by atoms with E-state index in [9.17, 15) is 8.42 Å². The van der Waals surface area contributed by atoms with Gasteiger partial charge in [0.15, 0.2) is 0 Å². The van der Waals surface area contributed by atoms with Gasteiger partial charge in [-0.2, -0.15) is 0 Å². The molecule has 1 aromatic heterocycles. The fourth-order valence-corrected chi connectivity index (χ4v) is 4.23. The van der Waals surface area contributed by atoms with Gasteiger partial charge in [0.1, 0.15) is 0 Å². The molecular formula is C13H22N2O3S2. The van der Waals surface area contributed by atoms with E-state index in [0.29, 0.717) is 17.5 Å². The van der Waals surface area contributed by atoms with Crippen molar-refractivity contribution in [3.8, 4) is 0 Å². The zero-order valence-corrected chi connectivity index (χ0v) is 13.7. The van der Waals surface area contributed by atoms with E-state index in [1.165, 1.54) is 24.2 Å². The van der Waals surface area contributed by atoms with Crippen LogP contribution in [0.25, 0.3) is 0 Å². The number of rotatable bonds is 8. The van der Waals surface area contributed by atoms with Gasteiger partial charge in [-0.3, -0.25) is 0 Å². The van der Waals surface area contributed by atoms with E-state index in [1.54, 1.807) is 13.2 Å². The first-order valence-corrected chi connectivity index (χ1v) is 9.05. The molecule has 0 radical (unpaired) electrons. The summed E-state index contributed by atoms with van der Waals surface area (Å²) in [5.74, 6) is 0. The van der Waals surface area contributed by atoms with Crippen LogP contribution in [-0.2, 0) is 21.3 Å². The topological polar surface area (TPSA) is 67.4 Å². The number of sulfonamides is 1. The molecule has 0 unspecified atom stereocenters. The van der Waals surface area contributed by atoms with E-state index in [0.717, 1.165) is 4.88 Å². The lowest BCUT2D eigenvalue weighted by atomic mass is 10.1. The van der Waals surface area contributed by atoms with Crippen LogP contribution in [0.5, 0.6) is 0 Å². The summed E-state index contributed by atoms with van der Waals surface area (Å²) in [7, 11) is -1.90. The molecule has 1 fully saturated rings. The second-order valence-corrected chi connectivity index (χ2v) is 8.39. The van der Waals surface area contributed by atoms with Crippen LogP contribution in [0, 0.1) is 0 Å². The maximum atomic E-state index is 12.3. The first-order chi connectivity index (χ1) is 9.34. The lowest BCUT2D eigenvalue weighted by molar-refractivity contribution is 0.0276. The van der Waals surface area contributed by atoms with Gasteiger partial charge in [0.05, 0.1) is 10.5 Å². The molecule has 20 heavy (non-hydrogen) atoms. The van der Waals surface area contributed by atoms with Crippen LogP contribution >= 0.6 is 11.3 Å². The molecule has 114 valence electrons. The van der Waals surface area contributed by atoms with Crippen LogP contribution in [0.15, 0.2) is 16.3 Å². The van der Waals surface area contributed by atoms with Crippen molar-refractivity contribution < 1.29 is 13.2 Å². The van der Waals surface area contributed by atoms with Crippen molar-refractivity contribution in [2.75, 3.05) is 13.7 Å². The molecule has 0 bridgehead atoms. The molecule has 0 spiro atoms. The standard InChI is InChI=1S/C13H22N2O3S2/c1-13(2,18-3)9-15-20(16,17)12-6-7-19-11(12)8-14-10-4-5-10/h6-7,10,14-15H,4-5,8-9H2,1-3H3. The zero-order valence-electron chi connectivity index (χ0n) is 12.1. The third-order valence-corrected chi connectivity index (χ3v) is 5.90. The summed E-state index contributed by atoms with van der Waals surface area (Å²) in [6.07, 6.45) is 2.38. The number of hydrogen-bond donors (Lipinski definition) is 2. The second kappa shape index (κ2) is 6.11. The Bertz CT molecular complexity index is 548. The van der Waals surface area contributed by atoms with Gasteiger partial charge >= 0.3 is 0 Å². The summed E-state index contributed by atoms with van der Waals surface area (Å²) >= 11 is 1.47. The van der Waals surface area contributed by atoms with Crippen LogP contribution in [0.4, 0.5) is 0 Å². The Labute approximate surface area is 124 Å². The van der Waals surface area contributed by atoms with Crippen molar-refractivity contribution in [1.29, 1.82) is 0 Å². The smallest absolute Gasteiger partial charge is 0.241 e. The highest BCUT2D eigenvalue weighted by Crippen LogP contribution is 2.25. The lowest BCUT2D eigenvalue weighted by Crippen LogP contribution is -2.39. The molecule has 0 aromatic carbocycles. The number of nitrogens with one attached hydrogen (secondary N) is 2. The van der Waals surface area contributed by atoms with Gasteiger partial charge in [-0.05, 0) is 38.1 Å². The van der Waals surface area contributed by atoms with E-state index in [2.05, 4.69) is 10.0 Å². The van der Waals surface area contributed by atoms with Crippen LogP contribution < -0.4 is 10.0 Å². The summed E-state index contributed by atoms with van der Waals surface area (Å²) in [6, 6.07) is 2.23. The summed E-state index contributed by atoms with van der Waals surface area (Å²) in [5.41, 5.74) is -0.518. The van der Waals surface area contributed by atoms with Gasteiger partial charge in [0.2, 0.25) is 10.0 Å². The molecule has 0 atom stereocenters. The van der Waals surface area contributed by atoms with Gasteiger partial charge < -0.3 is 10.1 Å². The molecule has 7 heteroatoms. The largest absolute Gasteiger partial charge is 0.377 e. The van der Waals surface area contributed by atoms with Crippen molar-refractivity contribution in [1.82, 2.24) is 10.0 Å². The molecule has 1 aliphatic rings. The Morgan fingerprint density at radius 2 is 2.15 bits per heavy atom. The fourth-order valence-electron chi connectivity index (χ4n) is 1.64. The zero-order chi connectivity index (χ0) is 14.8. The Kier molecular flexibility index (Phi) is 4.86. The molecular weight excluding hydrogens is 296 g/mol. The predicted octanol–water partition coefficient (Wildman–Crippen LogP) is 1.70. The normalized spacial score (nSPS) is 16.6. The van der Waals surface area contributed by atoms with Crippen LogP contribution in [0.3, 0.4) is 0 Å². The highest BCUT2D eigenvalue weighted by molar-refractivity contribution is 7.89. The monoisotopic (exact) mass is 318 g/mol. The average molecular weight is 318 g/mol. The van der Waals surface area contributed by atoms with Gasteiger partial charge in [-0.15, -0.1) is 11.3 Å². The minimum Gasteiger partial charge on any atom is -0.377 e. The number of methoxy groups -OCH3 is 1. The van der Waals surface area contributed by atoms with Gasteiger partial charge in [-0.25, -0.2) is 13.1 Å². The minimum atomic E-state index is -3.48. The molecule has 0 saturated heterocycles. The third kappa shape index (κ3) is 4.26. The molecule has 0 aliphatic heterocycles. The maximum Gasteiger partial charge on any atom is 0.241 e. The van der Waals surface area contributed by atoms with E-state index in [1.807, 2.05) is 19.2 Å². The molecule has 2 rings (SSSR count). The fraction of sp³-hybridized carbons (Fsp3) is 0.692. The van der Waals surface area contributed by atoms with Crippen LogP contribution in [0.2, 0.25) is 0 Å². The molecule has 1 aromatic rings. The molecule has 1 heterocycles. The summed E-state index contributed by atoms with van der Waals surface area (Å²) < 4.78 is 32.6. The number of hydrogen-bond acceptors (Lipinski definition) is 5. The van der Waals surface area contributed by atoms with Gasteiger partial charge in [-0.1, -0.05) is 0 Å². The highest BCUT2D eigenvalue weighted by atomic mass is 32.2. The maximum absolute atomic E-state index is 12.3. The first kappa shape index (κ1) is 15.9. The third-order valence-electron chi connectivity index (χ3n) is 3.36. The van der Waals surface area contributed by atoms with E-state index in [-0.39, 0.29) is 6.54 Å². The molecule has 2 N–H and O–H groups in total. The van der Waals surface area contributed by atoms with E-state index >= 15 is 0 Å².